The maximum absolute atomic E-state index is 12.4. The molecule has 1 aromatic carbocycles. The van der Waals surface area contributed by atoms with Crippen molar-refractivity contribution in [1.82, 2.24) is 14.6 Å². The minimum Gasteiger partial charge on any atom is -0.383 e. The summed E-state index contributed by atoms with van der Waals surface area (Å²) >= 11 is 0. The van der Waals surface area contributed by atoms with Crippen molar-refractivity contribution in [3.8, 4) is 0 Å². The van der Waals surface area contributed by atoms with Gasteiger partial charge in [-0.25, -0.2) is 18.1 Å². The normalized spacial score (nSPS) is 11.8. The van der Waals surface area contributed by atoms with E-state index in [1.165, 1.54) is 12.3 Å². The standard InChI is InChI=1S/C16H22N4O2S/c1-12-8-15(10-18-16(12)17)23(21,22)19-9-13-6-4-5-7-14(13)11-20(2)3/h4-8,10,19H,9,11H2,1-3H3,(H2,17,18). The average Bonchev–Trinajstić information content (AvgIpc) is 2.48. The molecule has 2 rings (SSSR count). The molecule has 0 aliphatic rings. The maximum Gasteiger partial charge on any atom is 0.242 e. The molecule has 0 atom stereocenters. The van der Waals surface area contributed by atoms with Crippen molar-refractivity contribution in [3.05, 3.63) is 53.2 Å². The van der Waals surface area contributed by atoms with E-state index in [9.17, 15) is 8.42 Å². The fourth-order valence-electron chi connectivity index (χ4n) is 2.19. The van der Waals surface area contributed by atoms with Crippen molar-refractivity contribution < 1.29 is 8.42 Å². The van der Waals surface area contributed by atoms with Crippen LogP contribution in [0, 0.1) is 6.92 Å². The van der Waals surface area contributed by atoms with Gasteiger partial charge < -0.3 is 10.6 Å². The third kappa shape index (κ3) is 4.51. The van der Waals surface area contributed by atoms with E-state index in [2.05, 4.69) is 9.71 Å². The summed E-state index contributed by atoms with van der Waals surface area (Å²) in [5, 5.41) is 0. The largest absolute Gasteiger partial charge is 0.383 e. The number of nitrogens with zero attached hydrogens (tertiary/aromatic N) is 2. The molecule has 0 saturated heterocycles. The van der Waals surface area contributed by atoms with Crippen LogP contribution in [0.2, 0.25) is 0 Å². The van der Waals surface area contributed by atoms with Crippen molar-refractivity contribution in [3.63, 3.8) is 0 Å². The zero-order chi connectivity index (χ0) is 17.0. The molecule has 2 aromatic rings. The second kappa shape index (κ2) is 7.08. The summed E-state index contributed by atoms with van der Waals surface area (Å²) in [4.78, 5) is 6.07. The zero-order valence-electron chi connectivity index (χ0n) is 13.6. The minimum absolute atomic E-state index is 0.120. The number of sulfonamides is 1. The van der Waals surface area contributed by atoms with E-state index in [1.807, 2.05) is 43.3 Å². The van der Waals surface area contributed by atoms with Gasteiger partial charge in [0.2, 0.25) is 10.0 Å². The predicted octanol–water partition coefficient (Wildman–Crippen LogP) is 1.51. The van der Waals surface area contributed by atoms with Crippen molar-refractivity contribution in [2.75, 3.05) is 19.8 Å². The smallest absolute Gasteiger partial charge is 0.242 e. The maximum atomic E-state index is 12.4. The molecule has 0 aliphatic heterocycles. The van der Waals surface area contributed by atoms with Crippen LogP contribution >= 0.6 is 0 Å². The van der Waals surface area contributed by atoms with Gasteiger partial charge in [0.05, 0.1) is 0 Å². The quantitative estimate of drug-likeness (QED) is 0.836. The summed E-state index contributed by atoms with van der Waals surface area (Å²) in [6.07, 6.45) is 1.27. The van der Waals surface area contributed by atoms with Gasteiger partial charge >= 0.3 is 0 Å². The third-order valence-corrected chi connectivity index (χ3v) is 4.83. The van der Waals surface area contributed by atoms with Gasteiger partial charge in [0.25, 0.3) is 0 Å². The van der Waals surface area contributed by atoms with Gasteiger partial charge in [-0.2, -0.15) is 0 Å². The zero-order valence-corrected chi connectivity index (χ0v) is 14.4. The van der Waals surface area contributed by atoms with Crippen molar-refractivity contribution in [2.45, 2.75) is 24.9 Å². The Morgan fingerprint density at radius 2 is 1.87 bits per heavy atom. The number of rotatable bonds is 6. The Bertz CT molecular complexity index is 788. The molecule has 0 spiro atoms. The van der Waals surface area contributed by atoms with E-state index in [4.69, 9.17) is 5.73 Å². The lowest BCUT2D eigenvalue weighted by atomic mass is 10.1. The van der Waals surface area contributed by atoms with Crippen LogP contribution in [-0.4, -0.2) is 32.4 Å². The first-order chi connectivity index (χ1) is 10.8. The van der Waals surface area contributed by atoms with Crippen LogP contribution in [0.15, 0.2) is 41.4 Å². The summed E-state index contributed by atoms with van der Waals surface area (Å²) < 4.78 is 27.4. The lowest BCUT2D eigenvalue weighted by Crippen LogP contribution is -2.24. The summed E-state index contributed by atoms with van der Waals surface area (Å²) in [6.45, 7) is 2.71. The van der Waals surface area contributed by atoms with Crippen LogP contribution in [-0.2, 0) is 23.1 Å². The Morgan fingerprint density at radius 1 is 1.22 bits per heavy atom. The molecule has 0 aliphatic carbocycles. The Morgan fingerprint density at radius 3 is 2.48 bits per heavy atom. The SMILES string of the molecule is Cc1cc(S(=O)(=O)NCc2ccccc2CN(C)C)cnc1N. The predicted molar refractivity (Wildman–Crippen MR) is 91.2 cm³/mol. The van der Waals surface area contributed by atoms with Gasteiger partial charge in [-0.15, -0.1) is 0 Å². The van der Waals surface area contributed by atoms with Gasteiger partial charge in [-0.05, 0) is 43.8 Å². The van der Waals surface area contributed by atoms with Crippen LogP contribution in [0.5, 0.6) is 0 Å². The van der Waals surface area contributed by atoms with Gasteiger partial charge in [0.1, 0.15) is 10.7 Å². The van der Waals surface area contributed by atoms with Crippen molar-refractivity contribution in [1.29, 1.82) is 0 Å². The van der Waals surface area contributed by atoms with Crippen LogP contribution in [0.4, 0.5) is 5.82 Å². The third-order valence-electron chi connectivity index (χ3n) is 3.46. The van der Waals surface area contributed by atoms with E-state index in [0.29, 0.717) is 11.4 Å². The molecule has 7 heteroatoms. The van der Waals surface area contributed by atoms with E-state index >= 15 is 0 Å². The molecular weight excluding hydrogens is 312 g/mol. The topological polar surface area (TPSA) is 88.3 Å². The number of hydrogen-bond acceptors (Lipinski definition) is 5. The first kappa shape index (κ1) is 17.4. The highest BCUT2D eigenvalue weighted by Gasteiger charge is 2.16. The lowest BCUT2D eigenvalue weighted by molar-refractivity contribution is 0.400. The van der Waals surface area contributed by atoms with Gasteiger partial charge in [-0.1, -0.05) is 24.3 Å². The van der Waals surface area contributed by atoms with Crippen molar-refractivity contribution >= 4 is 15.8 Å². The number of aryl methyl sites for hydroxylation is 1. The molecule has 0 saturated carbocycles. The molecule has 3 N–H and O–H groups in total. The number of nitrogen functional groups attached to an aromatic ring is 1. The summed E-state index contributed by atoms with van der Waals surface area (Å²) in [6, 6.07) is 9.30. The van der Waals surface area contributed by atoms with Gasteiger partial charge in [-0.3, -0.25) is 0 Å². The molecular formula is C16H22N4O2S. The van der Waals surface area contributed by atoms with E-state index in [1.54, 1.807) is 6.92 Å². The van der Waals surface area contributed by atoms with Crippen LogP contribution in [0.1, 0.15) is 16.7 Å². The molecule has 0 amide bonds. The molecule has 0 unspecified atom stereocenters. The molecule has 23 heavy (non-hydrogen) atoms. The monoisotopic (exact) mass is 334 g/mol. The van der Waals surface area contributed by atoms with E-state index in [-0.39, 0.29) is 11.4 Å². The second-order valence-electron chi connectivity index (χ2n) is 5.70. The number of benzene rings is 1. The Hall–Kier alpha value is -1.96. The number of nitrogens with one attached hydrogen (secondary N) is 1. The Kier molecular flexibility index (Phi) is 5.35. The number of anilines is 1. The summed E-state index contributed by atoms with van der Waals surface area (Å²) in [7, 11) is 0.327. The Balaban J connectivity index is 2.18. The second-order valence-corrected chi connectivity index (χ2v) is 7.47. The first-order valence-corrected chi connectivity index (χ1v) is 8.71. The molecule has 1 heterocycles. The summed E-state index contributed by atoms with van der Waals surface area (Å²) in [5.41, 5.74) is 8.31. The van der Waals surface area contributed by atoms with E-state index < -0.39 is 10.0 Å². The highest BCUT2D eigenvalue weighted by Crippen LogP contribution is 2.15. The highest BCUT2D eigenvalue weighted by molar-refractivity contribution is 7.89. The molecule has 0 bridgehead atoms. The highest BCUT2D eigenvalue weighted by atomic mass is 32.2. The lowest BCUT2D eigenvalue weighted by Gasteiger charge is -2.15. The van der Waals surface area contributed by atoms with Gasteiger partial charge in [0.15, 0.2) is 0 Å². The first-order valence-electron chi connectivity index (χ1n) is 7.23. The number of pyridine rings is 1. The van der Waals surface area contributed by atoms with Crippen LogP contribution in [0.3, 0.4) is 0 Å². The Labute approximate surface area is 137 Å². The minimum atomic E-state index is -3.62. The van der Waals surface area contributed by atoms with Gasteiger partial charge in [0, 0.05) is 19.3 Å². The number of nitrogens with two attached hydrogens (primary N) is 1. The van der Waals surface area contributed by atoms with Crippen molar-refractivity contribution in [2.24, 2.45) is 0 Å². The van der Waals surface area contributed by atoms with E-state index in [0.717, 1.165) is 17.7 Å². The summed E-state index contributed by atoms with van der Waals surface area (Å²) in [5.74, 6) is 0.334. The fraction of sp³-hybridized carbons (Fsp3) is 0.312. The number of aromatic nitrogens is 1. The fourth-order valence-corrected chi connectivity index (χ4v) is 3.22. The number of hydrogen-bond donors (Lipinski definition) is 2. The molecule has 0 radical (unpaired) electrons. The average molecular weight is 334 g/mol. The molecule has 6 nitrogen and oxygen atoms in total. The molecule has 0 fully saturated rings. The van der Waals surface area contributed by atoms with Crippen LogP contribution in [0.25, 0.3) is 0 Å². The molecule has 1 aromatic heterocycles. The van der Waals surface area contributed by atoms with Crippen LogP contribution < -0.4 is 10.5 Å². The molecule has 124 valence electrons.